The molecule has 2 atom stereocenters. The molecule has 0 N–H and O–H groups in total. The first-order valence-electron chi connectivity index (χ1n) is 15.5. The maximum Gasteiger partial charge on any atom is 0.409 e. The van der Waals surface area contributed by atoms with Gasteiger partial charge in [-0.1, -0.05) is 68.9 Å². The van der Waals surface area contributed by atoms with Crippen molar-refractivity contribution in [3.05, 3.63) is 35.9 Å². The highest BCUT2D eigenvalue weighted by molar-refractivity contribution is 5.79. The lowest BCUT2D eigenvalue weighted by atomic mass is 9.87. The number of hydrogen-bond donors (Lipinski definition) is 0. The molecule has 0 unspecified atom stereocenters. The monoisotopic (exact) mass is 523 g/mol. The Labute approximate surface area is 230 Å². The van der Waals surface area contributed by atoms with Crippen molar-refractivity contribution in [2.75, 3.05) is 46.4 Å². The van der Waals surface area contributed by atoms with Gasteiger partial charge in [0.05, 0.1) is 7.11 Å². The first-order valence-corrected chi connectivity index (χ1v) is 15.5. The minimum Gasteiger partial charge on any atom is -0.453 e. The number of likely N-dealkylation sites (tertiary alicyclic amines) is 2. The van der Waals surface area contributed by atoms with Crippen LogP contribution in [0.15, 0.2) is 30.3 Å². The normalized spacial score (nSPS) is 26.4. The van der Waals surface area contributed by atoms with Crippen LogP contribution in [0.4, 0.5) is 4.79 Å². The van der Waals surface area contributed by atoms with Gasteiger partial charge in [0.1, 0.15) is 0 Å². The molecule has 4 fully saturated rings. The minimum absolute atomic E-state index is 0.147. The summed E-state index contributed by atoms with van der Waals surface area (Å²) in [6.07, 6.45) is 14.1. The lowest BCUT2D eigenvalue weighted by molar-refractivity contribution is -0.135. The fraction of sp³-hybridized carbons (Fsp3) is 0.750. The lowest BCUT2D eigenvalue weighted by Crippen LogP contribution is -2.50. The summed E-state index contributed by atoms with van der Waals surface area (Å²) >= 11 is 0. The van der Waals surface area contributed by atoms with Crippen LogP contribution in [-0.2, 0) is 9.53 Å². The predicted octanol–water partition coefficient (Wildman–Crippen LogP) is 5.92. The van der Waals surface area contributed by atoms with Crippen LogP contribution in [0.3, 0.4) is 0 Å². The number of methoxy groups -OCH3 is 1. The molecule has 6 nitrogen and oxygen atoms in total. The van der Waals surface area contributed by atoms with Gasteiger partial charge >= 0.3 is 6.09 Å². The molecule has 0 radical (unpaired) electrons. The Bertz CT molecular complexity index is 888. The molecule has 2 amide bonds. The van der Waals surface area contributed by atoms with Crippen molar-refractivity contribution < 1.29 is 14.3 Å². The SMILES string of the molecule is COC(=O)N(CC1CCCCC1)C1CCN(C[C@H]2CN(C(=O)C3CCCCC3)C[C@@H]2c2ccccc2)CC1. The van der Waals surface area contributed by atoms with Crippen molar-refractivity contribution in [2.24, 2.45) is 17.8 Å². The van der Waals surface area contributed by atoms with Gasteiger partial charge in [0.25, 0.3) is 0 Å². The second kappa shape index (κ2) is 13.3. The van der Waals surface area contributed by atoms with Gasteiger partial charge in [-0.3, -0.25) is 4.79 Å². The van der Waals surface area contributed by atoms with Gasteiger partial charge in [0.2, 0.25) is 5.91 Å². The van der Waals surface area contributed by atoms with Crippen LogP contribution in [0.25, 0.3) is 0 Å². The Hall–Kier alpha value is -2.08. The molecule has 4 aliphatic rings. The van der Waals surface area contributed by atoms with Crippen molar-refractivity contribution in [3.63, 3.8) is 0 Å². The molecule has 2 heterocycles. The summed E-state index contributed by atoms with van der Waals surface area (Å²) in [6, 6.07) is 11.1. The molecule has 2 saturated carbocycles. The summed E-state index contributed by atoms with van der Waals surface area (Å²) in [7, 11) is 1.52. The molecule has 1 aromatic rings. The highest BCUT2D eigenvalue weighted by Gasteiger charge is 2.40. The van der Waals surface area contributed by atoms with Crippen molar-refractivity contribution in [2.45, 2.75) is 89.0 Å². The number of amides is 2. The van der Waals surface area contributed by atoms with Crippen LogP contribution in [0.5, 0.6) is 0 Å². The van der Waals surface area contributed by atoms with Crippen LogP contribution in [0.1, 0.15) is 88.5 Å². The average Bonchev–Trinajstić information content (AvgIpc) is 3.40. The zero-order valence-electron chi connectivity index (χ0n) is 23.6. The van der Waals surface area contributed by atoms with E-state index in [1.165, 1.54) is 64.0 Å². The van der Waals surface area contributed by atoms with Gasteiger partial charge in [-0.2, -0.15) is 0 Å². The van der Waals surface area contributed by atoms with Gasteiger partial charge in [-0.25, -0.2) is 4.79 Å². The molecule has 2 aliphatic heterocycles. The molecule has 210 valence electrons. The van der Waals surface area contributed by atoms with Gasteiger partial charge in [0, 0.05) is 57.1 Å². The molecule has 0 aromatic heterocycles. The zero-order chi connectivity index (χ0) is 26.3. The number of piperidine rings is 1. The number of benzene rings is 1. The summed E-state index contributed by atoms with van der Waals surface area (Å²) in [6.45, 7) is 5.65. The van der Waals surface area contributed by atoms with E-state index >= 15 is 0 Å². The van der Waals surface area contributed by atoms with Crippen LogP contribution in [-0.4, -0.2) is 79.1 Å². The van der Waals surface area contributed by atoms with Crippen LogP contribution in [0.2, 0.25) is 0 Å². The second-order valence-corrected chi connectivity index (χ2v) is 12.5. The van der Waals surface area contributed by atoms with Gasteiger partial charge in [-0.05, 0) is 55.9 Å². The van der Waals surface area contributed by atoms with Crippen LogP contribution >= 0.6 is 0 Å². The van der Waals surface area contributed by atoms with E-state index in [0.717, 1.165) is 65.0 Å². The highest BCUT2D eigenvalue weighted by atomic mass is 16.5. The first-order chi connectivity index (χ1) is 18.6. The maximum absolute atomic E-state index is 13.5. The average molecular weight is 524 g/mol. The van der Waals surface area contributed by atoms with E-state index in [-0.39, 0.29) is 18.1 Å². The van der Waals surface area contributed by atoms with Crippen LogP contribution < -0.4 is 0 Å². The van der Waals surface area contributed by atoms with Crippen molar-refractivity contribution >= 4 is 12.0 Å². The summed E-state index contributed by atoms with van der Waals surface area (Å²) in [5, 5.41) is 0. The molecule has 1 aromatic carbocycles. The molecule has 2 aliphatic carbocycles. The van der Waals surface area contributed by atoms with Gasteiger partial charge in [-0.15, -0.1) is 0 Å². The fourth-order valence-corrected chi connectivity index (χ4v) is 7.80. The number of hydrogen-bond acceptors (Lipinski definition) is 4. The van der Waals surface area contributed by atoms with Crippen molar-refractivity contribution in [1.82, 2.24) is 14.7 Å². The second-order valence-electron chi connectivity index (χ2n) is 12.5. The standard InChI is InChI=1S/C32H49N3O3/c1-38-32(37)35(21-25-11-5-2-6-12-25)29-17-19-33(20-18-29)22-28-23-34(31(36)27-15-9-4-10-16-27)24-30(28)26-13-7-3-8-14-26/h3,7-8,13-14,25,27-30H,2,4-6,9-12,15-24H2,1H3/t28-,30+/m0/s1. The smallest absolute Gasteiger partial charge is 0.409 e. The molecule has 2 saturated heterocycles. The largest absolute Gasteiger partial charge is 0.453 e. The van der Waals surface area contributed by atoms with Crippen LogP contribution in [0, 0.1) is 17.8 Å². The number of ether oxygens (including phenoxy) is 1. The Balaban J connectivity index is 1.20. The highest BCUT2D eigenvalue weighted by Crippen LogP contribution is 2.36. The van der Waals surface area contributed by atoms with E-state index in [2.05, 4.69) is 45.0 Å². The Morgan fingerprint density at radius 3 is 2.18 bits per heavy atom. The zero-order valence-corrected chi connectivity index (χ0v) is 23.6. The van der Waals surface area contributed by atoms with Crippen molar-refractivity contribution in [1.29, 1.82) is 0 Å². The summed E-state index contributed by atoms with van der Waals surface area (Å²) in [4.78, 5) is 33.0. The lowest BCUT2D eigenvalue weighted by Gasteiger charge is -2.40. The van der Waals surface area contributed by atoms with E-state index in [1.807, 2.05) is 0 Å². The third-order valence-electron chi connectivity index (χ3n) is 10.0. The number of nitrogens with zero attached hydrogens (tertiary/aromatic N) is 3. The molecular formula is C32H49N3O3. The molecular weight excluding hydrogens is 474 g/mol. The van der Waals surface area contributed by atoms with E-state index < -0.39 is 0 Å². The molecule has 0 bridgehead atoms. The fourth-order valence-electron chi connectivity index (χ4n) is 7.80. The maximum atomic E-state index is 13.5. The topological polar surface area (TPSA) is 53.1 Å². The van der Waals surface area contributed by atoms with E-state index in [4.69, 9.17) is 4.74 Å². The third kappa shape index (κ3) is 6.73. The first kappa shape index (κ1) is 27.5. The van der Waals surface area contributed by atoms with E-state index in [9.17, 15) is 9.59 Å². The quantitative estimate of drug-likeness (QED) is 0.445. The molecule has 5 rings (SSSR count). The van der Waals surface area contributed by atoms with E-state index in [0.29, 0.717) is 23.7 Å². The Morgan fingerprint density at radius 1 is 0.868 bits per heavy atom. The Morgan fingerprint density at radius 2 is 1.53 bits per heavy atom. The summed E-state index contributed by atoms with van der Waals surface area (Å²) < 4.78 is 5.22. The number of rotatable bonds is 7. The van der Waals surface area contributed by atoms with Crippen molar-refractivity contribution in [3.8, 4) is 0 Å². The number of carbonyl (C=O) groups is 2. The van der Waals surface area contributed by atoms with E-state index in [1.54, 1.807) is 0 Å². The van der Waals surface area contributed by atoms with Gasteiger partial charge in [0.15, 0.2) is 0 Å². The third-order valence-corrected chi connectivity index (χ3v) is 10.0. The predicted molar refractivity (Wildman–Crippen MR) is 151 cm³/mol. The Kier molecular flexibility index (Phi) is 9.63. The summed E-state index contributed by atoms with van der Waals surface area (Å²) in [5.74, 6) is 2.13. The summed E-state index contributed by atoms with van der Waals surface area (Å²) in [5.41, 5.74) is 1.37. The van der Waals surface area contributed by atoms with Gasteiger partial charge < -0.3 is 19.4 Å². The number of carbonyl (C=O) groups excluding carboxylic acids is 2. The molecule has 38 heavy (non-hydrogen) atoms. The molecule has 0 spiro atoms. The minimum atomic E-state index is -0.147. The molecule has 6 heteroatoms.